The molecule has 1 atom stereocenters. The fourth-order valence-corrected chi connectivity index (χ4v) is 4.66. The largest absolute Gasteiger partial charge is 0.355 e. The third kappa shape index (κ3) is 3.87. The normalized spacial score (nSPS) is 15.5. The van der Waals surface area contributed by atoms with E-state index in [0.717, 1.165) is 18.7 Å². The van der Waals surface area contributed by atoms with Crippen LogP contribution in [0.15, 0.2) is 41.3 Å². The van der Waals surface area contributed by atoms with E-state index in [1.54, 1.807) is 17.8 Å². The summed E-state index contributed by atoms with van der Waals surface area (Å²) >= 11 is 1.63. The first-order valence-electron chi connectivity index (χ1n) is 9.16. The van der Waals surface area contributed by atoms with E-state index >= 15 is 0 Å². The van der Waals surface area contributed by atoms with Crippen LogP contribution in [0, 0.1) is 17.0 Å². The number of imidazole rings is 1. The number of hydrogen-bond acceptors (Lipinski definition) is 5. The number of nitrogens with one attached hydrogen (secondary N) is 2. The predicted molar refractivity (Wildman–Crippen MR) is 109 cm³/mol. The van der Waals surface area contributed by atoms with Crippen molar-refractivity contribution >= 4 is 34.4 Å². The summed E-state index contributed by atoms with van der Waals surface area (Å²) in [5.41, 5.74) is 3.86. The summed E-state index contributed by atoms with van der Waals surface area (Å²) in [6.07, 6.45) is 2.19. The zero-order valence-electron chi connectivity index (χ0n) is 15.4. The molecular weight excluding hydrogens is 376 g/mol. The van der Waals surface area contributed by atoms with Crippen molar-refractivity contribution in [1.82, 2.24) is 15.3 Å². The lowest BCUT2D eigenvalue weighted by atomic mass is 10.1. The second-order valence-corrected chi connectivity index (χ2v) is 8.20. The standard InChI is InChI=1S/C20H20N4O3S/c1-12-4-5-13-10-18(28-17(13)9-12)20(25)21-8-2-3-19-22-15-7-6-14(24(26)27)11-16(15)23-19/h4-7,9,11,18H,2-3,8,10H2,1H3,(H,21,25)(H,22,23). The molecule has 0 fully saturated rings. The van der Waals surface area contributed by atoms with Crippen LogP contribution >= 0.6 is 11.8 Å². The Balaban J connectivity index is 1.27. The highest BCUT2D eigenvalue weighted by Crippen LogP contribution is 2.37. The number of carbonyl (C=O) groups is 1. The van der Waals surface area contributed by atoms with Gasteiger partial charge in [-0.2, -0.15) is 0 Å². The van der Waals surface area contributed by atoms with Gasteiger partial charge in [-0.15, -0.1) is 11.8 Å². The second kappa shape index (κ2) is 7.63. The molecular formula is C20H20N4O3S. The summed E-state index contributed by atoms with van der Waals surface area (Å²) in [6, 6.07) is 10.9. The molecule has 1 amide bonds. The molecule has 1 aliphatic heterocycles. The van der Waals surface area contributed by atoms with Gasteiger partial charge in [0.15, 0.2) is 0 Å². The van der Waals surface area contributed by atoms with Crippen LogP contribution in [0.1, 0.15) is 23.4 Å². The first-order chi connectivity index (χ1) is 13.5. The van der Waals surface area contributed by atoms with Crippen molar-refractivity contribution in [3.8, 4) is 0 Å². The van der Waals surface area contributed by atoms with Crippen LogP contribution in [0.2, 0.25) is 0 Å². The van der Waals surface area contributed by atoms with Gasteiger partial charge in [-0.3, -0.25) is 14.9 Å². The average molecular weight is 396 g/mol. The third-order valence-corrected chi connectivity index (χ3v) is 6.10. The van der Waals surface area contributed by atoms with E-state index in [9.17, 15) is 14.9 Å². The zero-order valence-corrected chi connectivity index (χ0v) is 16.2. The highest BCUT2D eigenvalue weighted by atomic mass is 32.2. The van der Waals surface area contributed by atoms with Crippen molar-refractivity contribution in [2.45, 2.75) is 36.3 Å². The highest BCUT2D eigenvalue weighted by molar-refractivity contribution is 8.01. The number of benzene rings is 2. The van der Waals surface area contributed by atoms with Gasteiger partial charge in [0.25, 0.3) is 5.69 Å². The first-order valence-corrected chi connectivity index (χ1v) is 10.0. The van der Waals surface area contributed by atoms with Gasteiger partial charge < -0.3 is 10.3 Å². The SMILES string of the molecule is Cc1ccc2c(c1)SC(C(=O)NCCCc1nc3ccc([N+](=O)[O-])cc3[nH]1)C2. The topological polar surface area (TPSA) is 101 Å². The molecule has 2 N–H and O–H groups in total. The summed E-state index contributed by atoms with van der Waals surface area (Å²) in [6.45, 7) is 2.63. The van der Waals surface area contributed by atoms with Crippen LogP contribution in [-0.4, -0.2) is 32.6 Å². The number of nitrogens with zero attached hydrogens (tertiary/aromatic N) is 2. The molecule has 0 spiro atoms. The van der Waals surface area contributed by atoms with Gasteiger partial charge >= 0.3 is 0 Å². The Kier molecular flexibility index (Phi) is 5.04. The molecule has 1 aromatic heterocycles. The number of fused-ring (bicyclic) bond motifs is 2. The molecule has 4 rings (SSSR count). The summed E-state index contributed by atoms with van der Waals surface area (Å²) in [4.78, 5) is 31.6. The summed E-state index contributed by atoms with van der Waals surface area (Å²) in [7, 11) is 0. The number of nitro benzene ring substituents is 1. The number of H-pyrrole nitrogens is 1. The van der Waals surface area contributed by atoms with Crippen LogP contribution in [0.3, 0.4) is 0 Å². The Morgan fingerprint density at radius 2 is 2.21 bits per heavy atom. The van der Waals surface area contributed by atoms with E-state index in [-0.39, 0.29) is 16.8 Å². The molecule has 144 valence electrons. The maximum Gasteiger partial charge on any atom is 0.271 e. The summed E-state index contributed by atoms with van der Waals surface area (Å²) in [5, 5.41) is 13.8. The van der Waals surface area contributed by atoms with Crippen LogP contribution in [0.4, 0.5) is 5.69 Å². The molecule has 0 aliphatic carbocycles. The second-order valence-electron chi connectivity index (χ2n) is 6.96. The Morgan fingerprint density at radius 3 is 3.04 bits per heavy atom. The van der Waals surface area contributed by atoms with Crippen molar-refractivity contribution in [3.63, 3.8) is 0 Å². The van der Waals surface area contributed by atoms with Crippen LogP contribution < -0.4 is 5.32 Å². The third-order valence-electron chi connectivity index (χ3n) is 4.80. The number of carbonyl (C=O) groups excluding carboxylic acids is 1. The number of aromatic nitrogens is 2. The minimum atomic E-state index is -0.421. The number of rotatable bonds is 6. The van der Waals surface area contributed by atoms with Crippen LogP contribution in [0.25, 0.3) is 11.0 Å². The molecule has 1 aliphatic rings. The molecule has 7 nitrogen and oxygen atoms in total. The lowest BCUT2D eigenvalue weighted by molar-refractivity contribution is -0.384. The predicted octanol–water partition coefficient (Wildman–Crippen LogP) is 3.55. The number of aryl methyl sites for hydroxylation is 2. The molecule has 3 aromatic rings. The monoisotopic (exact) mass is 396 g/mol. The molecule has 1 unspecified atom stereocenters. The minimum Gasteiger partial charge on any atom is -0.355 e. The van der Waals surface area contributed by atoms with E-state index in [1.165, 1.54) is 28.2 Å². The quantitative estimate of drug-likeness (QED) is 0.377. The van der Waals surface area contributed by atoms with Gasteiger partial charge in [0.1, 0.15) is 5.82 Å². The molecule has 2 heterocycles. The van der Waals surface area contributed by atoms with Crippen molar-refractivity contribution in [2.24, 2.45) is 0 Å². The van der Waals surface area contributed by atoms with Gasteiger partial charge in [0.05, 0.1) is 21.2 Å². The number of amides is 1. The van der Waals surface area contributed by atoms with Gasteiger partial charge in [0.2, 0.25) is 5.91 Å². The van der Waals surface area contributed by atoms with Gasteiger partial charge in [-0.1, -0.05) is 17.7 Å². The van der Waals surface area contributed by atoms with E-state index in [2.05, 4.69) is 40.4 Å². The van der Waals surface area contributed by atoms with E-state index < -0.39 is 4.92 Å². The van der Waals surface area contributed by atoms with Crippen molar-refractivity contribution in [3.05, 3.63) is 63.5 Å². The number of thioether (sulfide) groups is 1. The first kappa shape index (κ1) is 18.5. The smallest absolute Gasteiger partial charge is 0.271 e. The number of nitro groups is 1. The molecule has 0 saturated carbocycles. The molecule has 28 heavy (non-hydrogen) atoms. The van der Waals surface area contributed by atoms with E-state index in [1.807, 2.05) is 0 Å². The Hall–Kier alpha value is -2.87. The molecule has 0 saturated heterocycles. The Bertz CT molecular complexity index is 1060. The van der Waals surface area contributed by atoms with E-state index in [4.69, 9.17) is 0 Å². The lowest BCUT2D eigenvalue weighted by Gasteiger charge is -2.09. The van der Waals surface area contributed by atoms with Crippen molar-refractivity contribution < 1.29 is 9.72 Å². The minimum absolute atomic E-state index is 0.0419. The number of non-ortho nitro benzene ring substituents is 1. The van der Waals surface area contributed by atoms with Crippen LogP contribution in [0.5, 0.6) is 0 Å². The van der Waals surface area contributed by atoms with Gasteiger partial charge in [-0.05, 0) is 37.5 Å². The van der Waals surface area contributed by atoms with Gasteiger partial charge in [-0.25, -0.2) is 4.98 Å². The maximum atomic E-state index is 12.4. The Labute approximate surface area is 166 Å². The number of hydrogen-bond donors (Lipinski definition) is 2. The molecule has 8 heteroatoms. The lowest BCUT2D eigenvalue weighted by Crippen LogP contribution is -2.33. The highest BCUT2D eigenvalue weighted by Gasteiger charge is 2.27. The molecule has 0 radical (unpaired) electrons. The molecule has 2 aromatic carbocycles. The zero-order chi connectivity index (χ0) is 19.7. The van der Waals surface area contributed by atoms with Crippen molar-refractivity contribution in [1.29, 1.82) is 0 Å². The van der Waals surface area contributed by atoms with Gasteiger partial charge in [0, 0.05) is 30.0 Å². The van der Waals surface area contributed by atoms with Crippen LogP contribution in [-0.2, 0) is 17.6 Å². The maximum absolute atomic E-state index is 12.4. The summed E-state index contributed by atoms with van der Waals surface area (Å²) < 4.78 is 0. The average Bonchev–Trinajstić information content (AvgIpc) is 3.27. The fraction of sp³-hybridized carbons (Fsp3) is 0.300. The number of aromatic amines is 1. The molecule has 0 bridgehead atoms. The van der Waals surface area contributed by atoms with Crippen molar-refractivity contribution in [2.75, 3.05) is 6.54 Å². The van der Waals surface area contributed by atoms with E-state index in [0.29, 0.717) is 24.0 Å². The fourth-order valence-electron chi connectivity index (χ4n) is 3.34. The Morgan fingerprint density at radius 1 is 1.36 bits per heavy atom. The summed E-state index contributed by atoms with van der Waals surface area (Å²) in [5.74, 6) is 0.835.